The number of aryl methyl sites for hydroxylation is 1. The average molecular weight is 225 g/mol. The van der Waals surface area contributed by atoms with E-state index in [1.54, 1.807) is 0 Å². The van der Waals surface area contributed by atoms with Gasteiger partial charge < -0.3 is 0 Å². The van der Waals surface area contributed by atoms with Crippen molar-refractivity contribution in [2.24, 2.45) is 0 Å². The van der Waals surface area contributed by atoms with Crippen molar-refractivity contribution in [2.45, 2.75) is 19.3 Å². The Bertz CT molecular complexity index is 405. The Morgan fingerprint density at radius 2 is 2.00 bits per heavy atom. The Hall–Kier alpha value is -0.530. The lowest BCUT2D eigenvalue weighted by atomic mass is 10.1. The Balaban J connectivity index is 2.17. The van der Waals surface area contributed by atoms with Gasteiger partial charge in [-0.3, -0.25) is 0 Å². The SMILES string of the molecule is ClCCCCc1csc2ccccc12. The fourth-order valence-electron chi connectivity index (χ4n) is 1.64. The van der Waals surface area contributed by atoms with E-state index in [9.17, 15) is 0 Å². The van der Waals surface area contributed by atoms with Crippen LogP contribution in [0.25, 0.3) is 10.1 Å². The summed E-state index contributed by atoms with van der Waals surface area (Å²) >= 11 is 7.50. The molecule has 74 valence electrons. The van der Waals surface area contributed by atoms with Crippen molar-refractivity contribution >= 4 is 33.0 Å². The van der Waals surface area contributed by atoms with Crippen LogP contribution < -0.4 is 0 Å². The molecule has 0 spiro atoms. The second-order valence-corrected chi connectivity index (χ2v) is 4.69. The summed E-state index contributed by atoms with van der Waals surface area (Å²) in [6, 6.07) is 8.61. The number of benzene rings is 1. The minimum atomic E-state index is 0.780. The molecule has 0 nitrogen and oxygen atoms in total. The highest BCUT2D eigenvalue weighted by Gasteiger charge is 2.01. The van der Waals surface area contributed by atoms with Crippen LogP contribution in [0.3, 0.4) is 0 Å². The summed E-state index contributed by atoms with van der Waals surface area (Å²) in [6.45, 7) is 0. The van der Waals surface area contributed by atoms with E-state index in [4.69, 9.17) is 11.6 Å². The summed E-state index contributed by atoms with van der Waals surface area (Å²) in [5, 5.41) is 3.70. The fraction of sp³-hybridized carbons (Fsp3) is 0.333. The monoisotopic (exact) mass is 224 g/mol. The Kier molecular flexibility index (Phi) is 3.44. The number of rotatable bonds is 4. The minimum absolute atomic E-state index is 0.780. The maximum absolute atomic E-state index is 5.66. The van der Waals surface area contributed by atoms with Gasteiger partial charge in [-0.25, -0.2) is 0 Å². The topological polar surface area (TPSA) is 0 Å². The summed E-state index contributed by atoms with van der Waals surface area (Å²) in [5.41, 5.74) is 1.48. The van der Waals surface area contributed by atoms with E-state index >= 15 is 0 Å². The van der Waals surface area contributed by atoms with Crippen molar-refractivity contribution in [3.63, 3.8) is 0 Å². The fourth-order valence-corrected chi connectivity index (χ4v) is 2.82. The quantitative estimate of drug-likeness (QED) is 0.531. The summed E-state index contributed by atoms with van der Waals surface area (Å²) in [6.07, 6.45) is 3.48. The zero-order valence-electron chi connectivity index (χ0n) is 8.00. The van der Waals surface area contributed by atoms with Gasteiger partial charge in [-0.2, -0.15) is 0 Å². The standard InChI is InChI=1S/C12H13ClS/c13-8-4-3-5-10-9-14-12-7-2-1-6-11(10)12/h1-2,6-7,9H,3-5,8H2. The molecule has 2 heteroatoms. The van der Waals surface area contributed by atoms with Gasteiger partial charge in [0.05, 0.1) is 0 Å². The van der Waals surface area contributed by atoms with Crippen LogP contribution in [0.15, 0.2) is 29.6 Å². The van der Waals surface area contributed by atoms with Gasteiger partial charge in [0.2, 0.25) is 0 Å². The molecule has 2 rings (SSSR count). The highest BCUT2D eigenvalue weighted by atomic mass is 35.5. The molecule has 1 aromatic carbocycles. The van der Waals surface area contributed by atoms with Gasteiger partial charge in [0, 0.05) is 10.6 Å². The second-order valence-electron chi connectivity index (χ2n) is 3.40. The van der Waals surface area contributed by atoms with E-state index in [0.29, 0.717) is 0 Å². The third kappa shape index (κ3) is 2.10. The summed E-state index contributed by atoms with van der Waals surface area (Å²) in [7, 11) is 0. The lowest BCUT2D eigenvalue weighted by Gasteiger charge is -1.97. The smallest absolute Gasteiger partial charge is 0.0345 e. The van der Waals surface area contributed by atoms with Crippen LogP contribution in [0, 0.1) is 0 Å². The van der Waals surface area contributed by atoms with Crippen molar-refractivity contribution in [3.8, 4) is 0 Å². The maximum Gasteiger partial charge on any atom is 0.0345 e. The number of hydrogen-bond acceptors (Lipinski definition) is 1. The number of thiophene rings is 1. The molecule has 0 saturated carbocycles. The molecule has 2 aromatic rings. The zero-order valence-corrected chi connectivity index (χ0v) is 9.57. The van der Waals surface area contributed by atoms with E-state index in [1.165, 1.54) is 22.1 Å². The zero-order chi connectivity index (χ0) is 9.80. The minimum Gasteiger partial charge on any atom is -0.144 e. The number of fused-ring (bicyclic) bond motifs is 1. The van der Waals surface area contributed by atoms with E-state index in [0.717, 1.165) is 18.7 Å². The molecule has 0 radical (unpaired) electrons. The first-order valence-electron chi connectivity index (χ1n) is 4.93. The molecule has 0 aliphatic rings. The van der Waals surface area contributed by atoms with Crippen molar-refractivity contribution < 1.29 is 0 Å². The molecular formula is C12H13ClS. The highest BCUT2D eigenvalue weighted by Crippen LogP contribution is 2.26. The largest absolute Gasteiger partial charge is 0.144 e. The first-order valence-corrected chi connectivity index (χ1v) is 6.34. The first-order chi connectivity index (χ1) is 6.92. The summed E-state index contributed by atoms with van der Waals surface area (Å²) < 4.78 is 1.40. The van der Waals surface area contributed by atoms with Crippen molar-refractivity contribution in [2.75, 3.05) is 5.88 Å². The molecule has 0 aliphatic carbocycles. The molecule has 1 aromatic heterocycles. The van der Waals surface area contributed by atoms with Crippen LogP contribution in [-0.2, 0) is 6.42 Å². The molecule has 0 aliphatic heterocycles. The van der Waals surface area contributed by atoms with Crippen molar-refractivity contribution in [1.82, 2.24) is 0 Å². The van der Waals surface area contributed by atoms with Crippen LogP contribution in [0.1, 0.15) is 18.4 Å². The lowest BCUT2D eigenvalue weighted by Crippen LogP contribution is -1.84. The van der Waals surface area contributed by atoms with Gasteiger partial charge >= 0.3 is 0 Å². The molecule has 0 saturated heterocycles. The third-order valence-corrected chi connectivity index (χ3v) is 3.67. The predicted molar refractivity (Wildman–Crippen MR) is 65.5 cm³/mol. The second kappa shape index (κ2) is 4.81. The van der Waals surface area contributed by atoms with Crippen LogP contribution in [0.4, 0.5) is 0 Å². The molecule has 1 heterocycles. The first kappa shape index (κ1) is 10.0. The Labute approximate surface area is 93.5 Å². The highest BCUT2D eigenvalue weighted by molar-refractivity contribution is 7.17. The van der Waals surface area contributed by atoms with E-state index in [2.05, 4.69) is 29.6 Å². The Morgan fingerprint density at radius 1 is 1.14 bits per heavy atom. The molecule has 0 bridgehead atoms. The molecule has 0 amide bonds. The van der Waals surface area contributed by atoms with Crippen LogP contribution >= 0.6 is 22.9 Å². The number of hydrogen-bond donors (Lipinski definition) is 0. The average Bonchev–Trinajstić information content (AvgIpc) is 2.63. The van der Waals surface area contributed by atoms with Gasteiger partial charge in [0.15, 0.2) is 0 Å². The molecule has 0 N–H and O–H groups in total. The van der Waals surface area contributed by atoms with Gasteiger partial charge in [-0.15, -0.1) is 22.9 Å². The summed E-state index contributed by atoms with van der Waals surface area (Å²) in [4.78, 5) is 0. The van der Waals surface area contributed by atoms with Crippen molar-refractivity contribution in [1.29, 1.82) is 0 Å². The van der Waals surface area contributed by atoms with E-state index < -0.39 is 0 Å². The third-order valence-electron chi connectivity index (χ3n) is 2.39. The summed E-state index contributed by atoms with van der Waals surface area (Å²) in [5.74, 6) is 0.780. The van der Waals surface area contributed by atoms with Gasteiger partial charge in [0.1, 0.15) is 0 Å². The Morgan fingerprint density at radius 3 is 2.86 bits per heavy atom. The molecular weight excluding hydrogens is 212 g/mol. The number of halogens is 1. The maximum atomic E-state index is 5.66. The van der Waals surface area contributed by atoms with Gasteiger partial charge in [0.25, 0.3) is 0 Å². The molecule has 0 unspecified atom stereocenters. The van der Waals surface area contributed by atoms with E-state index in [1.807, 2.05) is 11.3 Å². The number of unbranched alkanes of at least 4 members (excludes halogenated alkanes) is 1. The van der Waals surface area contributed by atoms with Gasteiger partial charge in [-0.05, 0) is 41.7 Å². The predicted octanol–water partition coefficient (Wildman–Crippen LogP) is 4.46. The molecule has 0 atom stereocenters. The normalized spacial score (nSPS) is 10.9. The number of alkyl halides is 1. The van der Waals surface area contributed by atoms with Gasteiger partial charge in [-0.1, -0.05) is 18.2 Å². The van der Waals surface area contributed by atoms with E-state index in [-0.39, 0.29) is 0 Å². The molecule has 0 fully saturated rings. The molecule has 14 heavy (non-hydrogen) atoms. The van der Waals surface area contributed by atoms with Crippen LogP contribution in [-0.4, -0.2) is 5.88 Å². The van der Waals surface area contributed by atoms with Crippen LogP contribution in [0.2, 0.25) is 0 Å². The van der Waals surface area contributed by atoms with Crippen molar-refractivity contribution in [3.05, 3.63) is 35.2 Å². The van der Waals surface area contributed by atoms with Crippen LogP contribution in [0.5, 0.6) is 0 Å². The lowest BCUT2D eigenvalue weighted by molar-refractivity contribution is 0.805.